The summed E-state index contributed by atoms with van der Waals surface area (Å²) in [5.74, 6) is 3.55. The van der Waals surface area contributed by atoms with Gasteiger partial charge >= 0.3 is 0 Å². The van der Waals surface area contributed by atoms with Crippen LogP contribution in [0.1, 0.15) is 12.7 Å². The zero-order chi connectivity index (χ0) is 13.7. The monoisotopic (exact) mass is 335 g/mol. The highest BCUT2D eigenvalue weighted by atomic mass is 79.9. The molecule has 8 heteroatoms. The van der Waals surface area contributed by atoms with Crippen LogP contribution in [0.15, 0.2) is 16.6 Å². The van der Waals surface area contributed by atoms with Crippen molar-refractivity contribution in [2.45, 2.75) is 13.3 Å². The van der Waals surface area contributed by atoms with E-state index < -0.39 is 0 Å². The number of aromatic nitrogens is 5. The summed E-state index contributed by atoms with van der Waals surface area (Å²) in [6.07, 6.45) is 0.783. The maximum atomic E-state index is 5.40. The summed E-state index contributed by atoms with van der Waals surface area (Å²) < 4.78 is 13.4. The zero-order valence-corrected chi connectivity index (χ0v) is 12.1. The Kier molecular flexibility index (Phi) is 2.46. The minimum Gasteiger partial charge on any atom is -0.454 e. The zero-order valence-electron chi connectivity index (χ0n) is 10.6. The Hall–Kier alpha value is -2.09. The van der Waals surface area contributed by atoms with Crippen molar-refractivity contribution < 1.29 is 9.47 Å². The first-order chi connectivity index (χ1) is 9.76. The van der Waals surface area contributed by atoms with Gasteiger partial charge in [0, 0.05) is 16.5 Å². The molecule has 0 bridgehead atoms. The predicted molar refractivity (Wildman–Crippen MR) is 73.8 cm³/mol. The van der Waals surface area contributed by atoms with E-state index in [2.05, 4.69) is 36.2 Å². The molecule has 3 aromatic rings. The molecule has 0 saturated heterocycles. The van der Waals surface area contributed by atoms with E-state index in [0.29, 0.717) is 17.4 Å². The topological polar surface area (TPSA) is 77.3 Å². The Morgan fingerprint density at radius 3 is 2.90 bits per heavy atom. The molecule has 20 heavy (non-hydrogen) atoms. The van der Waals surface area contributed by atoms with E-state index >= 15 is 0 Å². The van der Waals surface area contributed by atoms with Crippen LogP contribution in [0.2, 0.25) is 0 Å². The van der Waals surface area contributed by atoms with Crippen molar-refractivity contribution in [3.63, 3.8) is 0 Å². The van der Waals surface area contributed by atoms with Crippen molar-refractivity contribution >= 4 is 21.7 Å². The van der Waals surface area contributed by atoms with Crippen molar-refractivity contribution in [1.29, 1.82) is 0 Å². The van der Waals surface area contributed by atoms with Gasteiger partial charge < -0.3 is 9.47 Å². The van der Waals surface area contributed by atoms with Crippen LogP contribution in [0.25, 0.3) is 17.2 Å². The highest BCUT2D eigenvalue weighted by molar-refractivity contribution is 9.10. The van der Waals surface area contributed by atoms with Crippen molar-refractivity contribution in [2.24, 2.45) is 0 Å². The fraction of sp³-hybridized carbons (Fsp3) is 0.250. The Balaban J connectivity index is 1.88. The smallest absolute Gasteiger partial charge is 0.272 e. The molecule has 1 aromatic carbocycles. The number of aryl methyl sites for hydroxylation is 1. The Morgan fingerprint density at radius 2 is 2.10 bits per heavy atom. The van der Waals surface area contributed by atoms with E-state index in [1.165, 1.54) is 0 Å². The largest absolute Gasteiger partial charge is 0.454 e. The highest BCUT2D eigenvalue weighted by Crippen LogP contribution is 2.40. The first-order valence-electron chi connectivity index (χ1n) is 6.16. The average Bonchev–Trinajstić information content (AvgIpc) is 3.10. The van der Waals surface area contributed by atoms with E-state index in [0.717, 1.165) is 28.0 Å². The van der Waals surface area contributed by atoms with Crippen LogP contribution in [-0.2, 0) is 6.42 Å². The van der Waals surface area contributed by atoms with Crippen LogP contribution in [-0.4, -0.2) is 31.6 Å². The second kappa shape index (κ2) is 4.20. The number of nitrogens with zero attached hydrogens (tertiary/aromatic N) is 4. The maximum absolute atomic E-state index is 5.40. The quantitative estimate of drug-likeness (QED) is 0.776. The number of halogens is 1. The van der Waals surface area contributed by atoms with E-state index in [1.54, 1.807) is 4.52 Å². The summed E-state index contributed by atoms with van der Waals surface area (Å²) in [7, 11) is 0. The minimum absolute atomic E-state index is 0.247. The molecule has 1 aliphatic heterocycles. The Morgan fingerprint density at radius 1 is 1.30 bits per heavy atom. The van der Waals surface area contributed by atoms with Crippen molar-refractivity contribution in [3.8, 4) is 22.9 Å². The van der Waals surface area contributed by atoms with Crippen molar-refractivity contribution in [3.05, 3.63) is 22.4 Å². The lowest BCUT2D eigenvalue weighted by Crippen LogP contribution is -1.93. The van der Waals surface area contributed by atoms with Gasteiger partial charge in [0.15, 0.2) is 23.1 Å². The van der Waals surface area contributed by atoms with Gasteiger partial charge in [-0.2, -0.15) is 4.98 Å². The fourth-order valence-corrected chi connectivity index (χ4v) is 2.68. The second-order valence-corrected chi connectivity index (χ2v) is 5.22. The van der Waals surface area contributed by atoms with Gasteiger partial charge in [-0.05, 0) is 28.1 Å². The average molecular weight is 336 g/mol. The number of nitrogens with one attached hydrogen (secondary N) is 1. The van der Waals surface area contributed by atoms with Crippen LogP contribution in [0.3, 0.4) is 0 Å². The van der Waals surface area contributed by atoms with Crippen molar-refractivity contribution in [2.75, 3.05) is 6.79 Å². The number of hydrogen-bond donors (Lipinski definition) is 1. The van der Waals surface area contributed by atoms with Crippen LogP contribution in [0, 0.1) is 0 Å². The van der Waals surface area contributed by atoms with E-state index in [1.807, 2.05) is 19.1 Å². The van der Waals surface area contributed by atoms with E-state index in [9.17, 15) is 0 Å². The third-order valence-corrected chi connectivity index (χ3v) is 3.83. The third-order valence-electron chi connectivity index (χ3n) is 3.18. The molecule has 0 amide bonds. The highest BCUT2D eigenvalue weighted by Gasteiger charge is 2.19. The molecule has 0 aliphatic carbocycles. The summed E-state index contributed by atoms with van der Waals surface area (Å²) in [4.78, 5) is 4.45. The molecule has 0 fully saturated rings. The summed E-state index contributed by atoms with van der Waals surface area (Å²) in [5.41, 5.74) is 0.891. The number of H-pyrrole nitrogens is 1. The summed E-state index contributed by atoms with van der Waals surface area (Å²) in [6, 6.07) is 3.77. The molecule has 0 saturated carbocycles. The summed E-state index contributed by atoms with van der Waals surface area (Å²) in [5, 5.41) is 11.3. The van der Waals surface area contributed by atoms with Gasteiger partial charge in [0.05, 0.1) is 0 Å². The van der Waals surface area contributed by atoms with Gasteiger partial charge in [0.25, 0.3) is 5.78 Å². The van der Waals surface area contributed by atoms with Gasteiger partial charge in [0.1, 0.15) is 0 Å². The Bertz CT molecular complexity index is 810. The third kappa shape index (κ3) is 1.61. The molecule has 7 nitrogen and oxygen atoms in total. The maximum Gasteiger partial charge on any atom is 0.272 e. The normalized spacial score (nSPS) is 13.3. The van der Waals surface area contributed by atoms with Gasteiger partial charge in [-0.15, -0.1) is 10.2 Å². The number of hydrogen-bond acceptors (Lipinski definition) is 5. The van der Waals surface area contributed by atoms with Crippen LogP contribution in [0.4, 0.5) is 0 Å². The van der Waals surface area contributed by atoms with E-state index in [4.69, 9.17) is 9.47 Å². The molecule has 0 spiro atoms. The summed E-state index contributed by atoms with van der Waals surface area (Å²) in [6.45, 7) is 2.27. The predicted octanol–water partition coefficient (Wildman–Crippen LogP) is 2.17. The standard InChI is InChI=1S/C12H10BrN5O2/c1-2-10-15-16-12-14-11(17-18(10)12)6-3-8-9(4-7(6)13)20-5-19-8/h3-4H,2,5H2,1H3,(H,14,16,17). The second-order valence-electron chi connectivity index (χ2n) is 4.36. The van der Waals surface area contributed by atoms with Gasteiger partial charge in [-0.25, -0.2) is 4.52 Å². The number of aromatic amines is 1. The molecular formula is C12H10BrN5O2. The molecule has 2 aromatic heterocycles. The lowest BCUT2D eigenvalue weighted by Gasteiger charge is -2.03. The van der Waals surface area contributed by atoms with Gasteiger partial charge in [-0.3, -0.25) is 5.10 Å². The molecule has 1 N–H and O–H groups in total. The molecule has 0 unspecified atom stereocenters. The molecule has 3 heterocycles. The number of ether oxygens (including phenoxy) is 2. The molecular weight excluding hydrogens is 326 g/mol. The lowest BCUT2D eigenvalue weighted by molar-refractivity contribution is 0.174. The van der Waals surface area contributed by atoms with Crippen LogP contribution in [0.5, 0.6) is 11.5 Å². The SMILES string of the molecule is CCc1nnc2nc(-c3cc4c(cc3Br)OCO4)[nH]n12. The van der Waals surface area contributed by atoms with Crippen LogP contribution < -0.4 is 9.47 Å². The van der Waals surface area contributed by atoms with Crippen molar-refractivity contribution in [1.82, 2.24) is 24.8 Å². The fourth-order valence-electron chi connectivity index (χ4n) is 2.17. The first-order valence-corrected chi connectivity index (χ1v) is 6.95. The number of fused-ring (bicyclic) bond motifs is 2. The summed E-state index contributed by atoms with van der Waals surface area (Å²) >= 11 is 3.53. The first kappa shape index (κ1) is 11.7. The molecule has 4 rings (SSSR count). The number of benzene rings is 1. The minimum atomic E-state index is 0.247. The molecule has 1 aliphatic rings. The number of rotatable bonds is 2. The molecule has 0 radical (unpaired) electrons. The lowest BCUT2D eigenvalue weighted by atomic mass is 10.2. The van der Waals surface area contributed by atoms with Crippen LogP contribution >= 0.6 is 15.9 Å². The molecule has 102 valence electrons. The molecule has 0 atom stereocenters. The van der Waals surface area contributed by atoms with Gasteiger partial charge in [-0.1, -0.05) is 6.92 Å². The van der Waals surface area contributed by atoms with E-state index in [-0.39, 0.29) is 6.79 Å². The van der Waals surface area contributed by atoms with Gasteiger partial charge in [0.2, 0.25) is 6.79 Å². The Labute approximate surface area is 122 Å².